The van der Waals surface area contributed by atoms with Crippen LogP contribution in [0.15, 0.2) is 48.8 Å². The zero-order valence-electron chi connectivity index (χ0n) is 9.83. The molecule has 0 saturated carbocycles. The molecule has 0 aliphatic carbocycles. The fourth-order valence-corrected chi connectivity index (χ4v) is 1.97. The largest absolute Gasteiger partial charge is 0.388 e. The lowest BCUT2D eigenvalue weighted by atomic mass is 9.90. The van der Waals surface area contributed by atoms with Crippen molar-refractivity contribution in [1.82, 2.24) is 4.98 Å². The number of hydrogen-bond donors (Lipinski definition) is 2. The topological polar surface area (TPSA) is 59.1 Å². The van der Waals surface area contributed by atoms with Gasteiger partial charge in [-0.25, -0.2) is 4.39 Å². The first-order valence-electron chi connectivity index (χ1n) is 5.76. The van der Waals surface area contributed by atoms with Crippen LogP contribution in [0.25, 0.3) is 0 Å². The van der Waals surface area contributed by atoms with Gasteiger partial charge < -0.3 is 10.8 Å². The number of nitrogens with zero attached hydrogens (tertiary/aromatic N) is 1. The molecule has 0 radical (unpaired) electrons. The van der Waals surface area contributed by atoms with Gasteiger partial charge in [-0.05, 0) is 29.3 Å². The van der Waals surface area contributed by atoms with E-state index in [0.717, 1.165) is 5.56 Å². The minimum Gasteiger partial charge on any atom is -0.388 e. The quantitative estimate of drug-likeness (QED) is 0.867. The Balaban J connectivity index is 2.28. The number of rotatable bonds is 4. The number of aliphatic hydroxyl groups excluding tert-OH is 1. The van der Waals surface area contributed by atoms with Crippen LogP contribution in [0.3, 0.4) is 0 Å². The molecule has 0 aliphatic rings. The molecule has 0 spiro atoms. The molecule has 0 fully saturated rings. The lowest BCUT2D eigenvalue weighted by Crippen LogP contribution is -2.20. The van der Waals surface area contributed by atoms with E-state index in [1.165, 1.54) is 12.1 Å². The van der Waals surface area contributed by atoms with E-state index >= 15 is 0 Å². The number of halogens is 1. The Labute approximate surface area is 105 Å². The third kappa shape index (κ3) is 2.72. The summed E-state index contributed by atoms with van der Waals surface area (Å²) in [7, 11) is 0. The summed E-state index contributed by atoms with van der Waals surface area (Å²) in [6, 6.07) is 9.57. The number of aromatic nitrogens is 1. The Morgan fingerprint density at radius 1 is 1.22 bits per heavy atom. The summed E-state index contributed by atoms with van der Waals surface area (Å²) in [5.74, 6) is -0.658. The van der Waals surface area contributed by atoms with Crippen LogP contribution in [-0.4, -0.2) is 16.6 Å². The van der Waals surface area contributed by atoms with Gasteiger partial charge in [0.2, 0.25) is 0 Å². The fourth-order valence-electron chi connectivity index (χ4n) is 1.97. The minimum atomic E-state index is -0.838. The molecule has 1 aromatic heterocycles. The number of aliphatic hydroxyl groups is 1. The molecule has 0 aliphatic heterocycles. The zero-order valence-corrected chi connectivity index (χ0v) is 9.83. The van der Waals surface area contributed by atoms with Gasteiger partial charge >= 0.3 is 0 Å². The van der Waals surface area contributed by atoms with Crippen LogP contribution in [0.1, 0.15) is 23.1 Å². The fraction of sp³-hybridized carbons (Fsp3) is 0.214. The predicted molar refractivity (Wildman–Crippen MR) is 67.4 cm³/mol. The second-order valence-electron chi connectivity index (χ2n) is 4.13. The highest BCUT2D eigenvalue weighted by Crippen LogP contribution is 2.29. The highest BCUT2D eigenvalue weighted by molar-refractivity contribution is 5.25. The van der Waals surface area contributed by atoms with Gasteiger partial charge in [-0.1, -0.05) is 18.2 Å². The standard InChI is InChI=1S/C14H15FN2O/c15-12-5-1-3-10(7-12)14(18)13(8-16)11-4-2-6-17-9-11/h1-7,9,13-14,18H,8,16H2. The van der Waals surface area contributed by atoms with E-state index in [9.17, 15) is 9.50 Å². The average Bonchev–Trinajstić information content (AvgIpc) is 2.41. The maximum Gasteiger partial charge on any atom is 0.123 e. The predicted octanol–water partition coefficient (Wildman–Crippen LogP) is 2.00. The van der Waals surface area contributed by atoms with Crippen molar-refractivity contribution >= 4 is 0 Å². The van der Waals surface area contributed by atoms with Crippen LogP contribution in [0.2, 0.25) is 0 Å². The average molecular weight is 246 g/mol. The zero-order chi connectivity index (χ0) is 13.0. The lowest BCUT2D eigenvalue weighted by molar-refractivity contribution is 0.147. The van der Waals surface area contributed by atoms with Gasteiger partial charge in [-0.15, -0.1) is 0 Å². The Morgan fingerprint density at radius 3 is 2.61 bits per heavy atom. The molecule has 2 rings (SSSR count). The van der Waals surface area contributed by atoms with E-state index in [2.05, 4.69) is 4.98 Å². The van der Waals surface area contributed by atoms with Crippen LogP contribution in [0.4, 0.5) is 4.39 Å². The van der Waals surface area contributed by atoms with Gasteiger partial charge in [0.25, 0.3) is 0 Å². The first kappa shape index (κ1) is 12.7. The number of hydrogen-bond acceptors (Lipinski definition) is 3. The van der Waals surface area contributed by atoms with Crippen LogP contribution in [0.5, 0.6) is 0 Å². The highest BCUT2D eigenvalue weighted by atomic mass is 19.1. The Kier molecular flexibility index (Phi) is 4.02. The van der Waals surface area contributed by atoms with Gasteiger partial charge in [0.05, 0.1) is 6.10 Å². The van der Waals surface area contributed by atoms with Crippen LogP contribution >= 0.6 is 0 Å². The molecular weight excluding hydrogens is 231 g/mol. The monoisotopic (exact) mass is 246 g/mol. The molecule has 0 bridgehead atoms. The van der Waals surface area contributed by atoms with E-state index in [-0.39, 0.29) is 18.3 Å². The molecule has 4 heteroatoms. The highest BCUT2D eigenvalue weighted by Gasteiger charge is 2.21. The molecule has 1 aromatic carbocycles. The van der Waals surface area contributed by atoms with E-state index in [4.69, 9.17) is 5.73 Å². The summed E-state index contributed by atoms with van der Waals surface area (Å²) in [6.07, 6.45) is 2.49. The number of pyridine rings is 1. The lowest BCUT2D eigenvalue weighted by Gasteiger charge is -2.22. The first-order valence-corrected chi connectivity index (χ1v) is 5.76. The Hall–Kier alpha value is -1.78. The van der Waals surface area contributed by atoms with Crippen molar-refractivity contribution < 1.29 is 9.50 Å². The summed E-state index contributed by atoms with van der Waals surface area (Å²) in [5, 5.41) is 10.3. The van der Waals surface area contributed by atoms with Crippen LogP contribution in [0, 0.1) is 5.82 Å². The number of nitrogens with two attached hydrogens (primary N) is 1. The van der Waals surface area contributed by atoms with E-state index in [1.54, 1.807) is 30.6 Å². The molecule has 0 saturated heterocycles. The molecule has 2 aromatic rings. The van der Waals surface area contributed by atoms with Gasteiger partial charge in [0, 0.05) is 24.9 Å². The summed E-state index contributed by atoms with van der Waals surface area (Å²) in [4.78, 5) is 4.01. The van der Waals surface area contributed by atoms with Gasteiger partial charge in [-0.3, -0.25) is 4.98 Å². The second-order valence-corrected chi connectivity index (χ2v) is 4.13. The third-order valence-corrected chi connectivity index (χ3v) is 2.94. The van der Waals surface area contributed by atoms with Crippen molar-refractivity contribution in [2.75, 3.05) is 6.54 Å². The summed E-state index contributed by atoms with van der Waals surface area (Å²) >= 11 is 0. The van der Waals surface area contributed by atoms with Crippen LogP contribution < -0.4 is 5.73 Å². The van der Waals surface area contributed by atoms with Crippen molar-refractivity contribution in [3.05, 3.63) is 65.7 Å². The van der Waals surface area contributed by atoms with Crippen molar-refractivity contribution in [3.8, 4) is 0 Å². The summed E-state index contributed by atoms with van der Waals surface area (Å²) < 4.78 is 13.1. The smallest absolute Gasteiger partial charge is 0.123 e. The van der Waals surface area contributed by atoms with Crippen molar-refractivity contribution in [2.45, 2.75) is 12.0 Å². The molecule has 94 valence electrons. The van der Waals surface area contributed by atoms with E-state index in [1.807, 2.05) is 6.07 Å². The van der Waals surface area contributed by atoms with E-state index < -0.39 is 6.10 Å². The SMILES string of the molecule is NCC(c1cccnc1)C(O)c1cccc(F)c1. The molecule has 2 unspecified atom stereocenters. The summed E-state index contributed by atoms with van der Waals surface area (Å²) in [5.41, 5.74) is 7.07. The normalized spacial score (nSPS) is 14.2. The van der Waals surface area contributed by atoms with Crippen molar-refractivity contribution in [3.63, 3.8) is 0 Å². The molecule has 1 heterocycles. The molecule has 18 heavy (non-hydrogen) atoms. The Morgan fingerprint density at radius 2 is 2.00 bits per heavy atom. The van der Waals surface area contributed by atoms with Crippen molar-refractivity contribution in [2.24, 2.45) is 5.73 Å². The van der Waals surface area contributed by atoms with Gasteiger partial charge in [0.1, 0.15) is 5.82 Å². The third-order valence-electron chi connectivity index (χ3n) is 2.94. The van der Waals surface area contributed by atoms with Gasteiger partial charge in [0.15, 0.2) is 0 Å². The second kappa shape index (κ2) is 5.71. The molecule has 3 N–H and O–H groups in total. The molecule has 0 amide bonds. The molecular formula is C14H15FN2O. The molecule has 2 atom stereocenters. The summed E-state index contributed by atoms with van der Waals surface area (Å²) in [6.45, 7) is 0.267. The maximum absolute atomic E-state index is 13.1. The van der Waals surface area contributed by atoms with Crippen LogP contribution in [-0.2, 0) is 0 Å². The number of benzene rings is 1. The maximum atomic E-state index is 13.1. The van der Waals surface area contributed by atoms with Crippen molar-refractivity contribution in [1.29, 1.82) is 0 Å². The molecule has 3 nitrogen and oxygen atoms in total. The first-order chi connectivity index (χ1) is 8.72. The van der Waals surface area contributed by atoms with Gasteiger partial charge in [-0.2, -0.15) is 0 Å². The Bertz CT molecular complexity index is 504. The van der Waals surface area contributed by atoms with E-state index in [0.29, 0.717) is 5.56 Å². The minimum absolute atomic E-state index is 0.267.